The number of amides is 2. The van der Waals surface area contributed by atoms with Crippen LogP contribution in [0, 0.1) is 11.3 Å². The van der Waals surface area contributed by atoms with Gasteiger partial charge in [0.25, 0.3) is 0 Å². The average molecular weight is 585 g/mol. The maximum atomic E-state index is 12.8. The molecular formula is C33H48N2O7. The van der Waals surface area contributed by atoms with Crippen LogP contribution >= 0.6 is 0 Å². The van der Waals surface area contributed by atoms with Crippen LogP contribution in [0.25, 0.3) is 0 Å². The molecule has 0 unspecified atom stereocenters. The van der Waals surface area contributed by atoms with Crippen molar-refractivity contribution in [2.24, 2.45) is 11.3 Å². The number of hydrogen-bond acceptors (Lipinski definition) is 7. The Hall–Kier alpha value is -2.75. The summed E-state index contributed by atoms with van der Waals surface area (Å²) in [6.45, 7) is 12.9. The van der Waals surface area contributed by atoms with Crippen LogP contribution in [0.1, 0.15) is 85.6 Å². The Morgan fingerprint density at radius 3 is 2.40 bits per heavy atom. The van der Waals surface area contributed by atoms with Gasteiger partial charge in [-0.1, -0.05) is 44.6 Å². The van der Waals surface area contributed by atoms with Gasteiger partial charge in [-0.3, -0.25) is 9.59 Å². The zero-order valence-electron chi connectivity index (χ0n) is 26.2. The first-order valence-corrected chi connectivity index (χ1v) is 15.1. The van der Waals surface area contributed by atoms with Crippen LogP contribution in [0.2, 0.25) is 0 Å². The number of carbonyl (C=O) groups excluding carboxylic acids is 3. The van der Waals surface area contributed by atoms with E-state index in [0.29, 0.717) is 31.6 Å². The summed E-state index contributed by atoms with van der Waals surface area (Å²) in [7, 11) is 1.66. The number of carbonyl (C=O) groups is 3. The highest BCUT2D eigenvalue weighted by Crippen LogP contribution is 2.59. The van der Waals surface area contributed by atoms with Gasteiger partial charge in [0, 0.05) is 37.6 Å². The molecule has 4 rings (SSSR count). The van der Waals surface area contributed by atoms with Crippen molar-refractivity contribution in [3.63, 3.8) is 0 Å². The van der Waals surface area contributed by atoms with E-state index in [4.69, 9.17) is 18.9 Å². The van der Waals surface area contributed by atoms with E-state index in [1.165, 1.54) is 5.57 Å². The van der Waals surface area contributed by atoms with E-state index >= 15 is 0 Å². The van der Waals surface area contributed by atoms with Crippen LogP contribution < -0.4 is 10.6 Å². The van der Waals surface area contributed by atoms with Crippen molar-refractivity contribution in [2.45, 2.75) is 116 Å². The molecule has 1 aliphatic carbocycles. The van der Waals surface area contributed by atoms with Crippen LogP contribution in [0.3, 0.4) is 0 Å². The number of allylic oxidation sites excluding steroid dienone is 1. The lowest BCUT2D eigenvalue weighted by Gasteiger charge is -2.42. The van der Waals surface area contributed by atoms with Gasteiger partial charge in [0.2, 0.25) is 5.91 Å². The van der Waals surface area contributed by atoms with Crippen LogP contribution in [0.15, 0.2) is 35.9 Å². The number of ether oxygens (including phenoxy) is 4. The molecule has 232 valence electrons. The lowest BCUT2D eigenvalue weighted by atomic mass is 9.68. The fourth-order valence-electron chi connectivity index (χ4n) is 6.14. The zero-order valence-corrected chi connectivity index (χ0v) is 26.2. The molecule has 0 bridgehead atoms. The monoisotopic (exact) mass is 584 g/mol. The fourth-order valence-corrected chi connectivity index (χ4v) is 6.14. The lowest BCUT2D eigenvalue weighted by Crippen LogP contribution is -2.56. The third kappa shape index (κ3) is 7.79. The summed E-state index contributed by atoms with van der Waals surface area (Å²) in [4.78, 5) is 37.1. The Bertz CT molecular complexity index is 1160. The summed E-state index contributed by atoms with van der Waals surface area (Å²) in [6, 6.07) is 7.29. The largest absolute Gasteiger partial charge is 0.443 e. The molecule has 6 atom stereocenters. The SMILES string of the molecule is CO[C@@H]1[C@H](OC(=O)NCc2ccc(NC(=O)CCCC(=O)C(C)(C)C)cc2)CC[C@]2(CO2)[C@H]1[C@@]1(C)O[C@@H]1CC=C(C)C. The third-order valence-corrected chi connectivity index (χ3v) is 8.81. The minimum atomic E-state index is -0.501. The van der Waals surface area contributed by atoms with E-state index in [9.17, 15) is 14.4 Å². The van der Waals surface area contributed by atoms with E-state index in [-0.39, 0.29) is 59.4 Å². The van der Waals surface area contributed by atoms with Gasteiger partial charge in [-0.2, -0.15) is 0 Å². The number of nitrogens with one attached hydrogen (secondary N) is 2. The highest BCUT2D eigenvalue weighted by atomic mass is 16.6. The van der Waals surface area contributed by atoms with Crippen molar-refractivity contribution in [2.75, 3.05) is 19.0 Å². The molecule has 2 heterocycles. The molecule has 2 N–H and O–H groups in total. The first kappa shape index (κ1) is 32.2. The summed E-state index contributed by atoms with van der Waals surface area (Å²) in [5, 5.41) is 5.70. The molecule has 1 spiro atoms. The number of anilines is 1. The Balaban J connectivity index is 1.24. The van der Waals surface area contributed by atoms with Crippen molar-refractivity contribution < 1.29 is 33.3 Å². The minimum absolute atomic E-state index is 0.0288. The molecule has 9 heteroatoms. The van der Waals surface area contributed by atoms with Crippen LogP contribution in [0.4, 0.5) is 10.5 Å². The second kappa shape index (κ2) is 12.9. The normalized spacial score (nSPS) is 29.9. The summed E-state index contributed by atoms with van der Waals surface area (Å²) >= 11 is 0. The first-order chi connectivity index (χ1) is 19.8. The number of alkyl carbamates (subject to hydrolysis) is 1. The maximum absolute atomic E-state index is 12.8. The molecule has 1 aromatic carbocycles. The van der Waals surface area contributed by atoms with E-state index in [2.05, 4.69) is 37.5 Å². The highest BCUT2D eigenvalue weighted by Gasteiger charge is 2.72. The predicted molar refractivity (Wildman–Crippen MR) is 160 cm³/mol. The van der Waals surface area contributed by atoms with Crippen LogP contribution in [0.5, 0.6) is 0 Å². The molecule has 42 heavy (non-hydrogen) atoms. The molecule has 2 amide bonds. The van der Waals surface area contributed by atoms with Gasteiger partial charge in [0.15, 0.2) is 0 Å². The molecule has 1 aromatic rings. The number of benzene rings is 1. The standard InChI is InChI=1S/C33H48N2O7/c1-21(2)11-16-26-32(6,42-26)29-28(39-7)24(17-18-33(29)20-40-33)41-30(38)34-19-22-12-14-23(15-13-22)35-27(37)10-8-9-25(36)31(3,4)5/h11-15,24,26,28-29H,8-10,16-20H2,1-7H3,(H,34,38)(H,35,37)/t24-,26-,28-,29-,32+,33+/m1/s1. The second-order valence-electron chi connectivity index (χ2n) is 13.4. The van der Waals surface area contributed by atoms with E-state index in [1.807, 2.05) is 32.9 Å². The molecular weight excluding hydrogens is 536 g/mol. The molecule has 0 radical (unpaired) electrons. The highest BCUT2D eigenvalue weighted by molar-refractivity contribution is 5.91. The van der Waals surface area contributed by atoms with Crippen molar-refractivity contribution in [1.82, 2.24) is 5.32 Å². The molecule has 0 aromatic heterocycles. The molecule has 2 aliphatic heterocycles. The van der Waals surface area contributed by atoms with Gasteiger partial charge in [0.05, 0.1) is 18.6 Å². The number of methoxy groups -OCH3 is 1. The van der Waals surface area contributed by atoms with E-state index in [0.717, 1.165) is 18.4 Å². The smallest absolute Gasteiger partial charge is 0.407 e. The number of hydrogen-bond donors (Lipinski definition) is 2. The Kier molecular flexibility index (Phi) is 9.85. The van der Waals surface area contributed by atoms with Gasteiger partial charge in [0.1, 0.15) is 29.2 Å². The van der Waals surface area contributed by atoms with Gasteiger partial charge in [-0.15, -0.1) is 0 Å². The van der Waals surface area contributed by atoms with Gasteiger partial charge in [-0.05, 0) is 64.2 Å². The van der Waals surface area contributed by atoms with Gasteiger partial charge in [-0.25, -0.2) is 4.79 Å². The van der Waals surface area contributed by atoms with E-state index in [1.54, 1.807) is 19.2 Å². The van der Waals surface area contributed by atoms with Crippen molar-refractivity contribution in [3.8, 4) is 0 Å². The predicted octanol–water partition coefficient (Wildman–Crippen LogP) is 5.71. The van der Waals surface area contributed by atoms with Crippen LogP contribution in [-0.4, -0.2) is 61.0 Å². The molecule has 3 fully saturated rings. The quantitative estimate of drug-likeness (QED) is 0.238. The van der Waals surface area contributed by atoms with Gasteiger partial charge >= 0.3 is 6.09 Å². The third-order valence-electron chi connectivity index (χ3n) is 8.81. The zero-order chi connectivity index (χ0) is 30.7. The minimum Gasteiger partial charge on any atom is -0.443 e. The summed E-state index contributed by atoms with van der Waals surface area (Å²) in [5.74, 6) is -0.00172. The Labute approximate surface area is 250 Å². The van der Waals surface area contributed by atoms with E-state index < -0.39 is 12.2 Å². The molecule has 1 saturated carbocycles. The Morgan fingerprint density at radius 2 is 1.81 bits per heavy atom. The topological polar surface area (TPSA) is 119 Å². The van der Waals surface area contributed by atoms with Crippen molar-refractivity contribution >= 4 is 23.5 Å². The van der Waals surface area contributed by atoms with Crippen molar-refractivity contribution in [3.05, 3.63) is 41.5 Å². The van der Waals surface area contributed by atoms with Crippen LogP contribution in [-0.2, 0) is 35.1 Å². The number of rotatable bonds is 12. The number of ketones is 1. The Morgan fingerprint density at radius 1 is 1.12 bits per heavy atom. The summed E-state index contributed by atoms with van der Waals surface area (Å²) in [5.41, 5.74) is 1.76. The van der Waals surface area contributed by atoms with Gasteiger partial charge < -0.3 is 29.6 Å². The summed E-state index contributed by atoms with van der Waals surface area (Å²) < 4.78 is 24.1. The molecule has 3 aliphatic rings. The van der Waals surface area contributed by atoms with Crippen molar-refractivity contribution in [1.29, 1.82) is 0 Å². The lowest BCUT2D eigenvalue weighted by molar-refractivity contribution is -0.126. The summed E-state index contributed by atoms with van der Waals surface area (Å²) in [6.07, 6.45) is 4.55. The fraction of sp³-hybridized carbons (Fsp3) is 0.667. The first-order valence-electron chi connectivity index (χ1n) is 15.1. The number of epoxide rings is 2. The average Bonchev–Trinajstić information content (AvgIpc) is 3.84. The number of Topliss-reactive ketones (excluding diaryl/α,β-unsaturated/α-hetero) is 1. The second-order valence-corrected chi connectivity index (χ2v) is 13.4. The molecule has 2 saturated heterocycles. The molecule has 9 nitrogen and oxygen atoms in total. The maximum Gasteiger partial charge on any atom is 0.407 e.